The lowest BCUT2D eigenvalue weighted by atomic mass is 10.2. The number of fused-ring (bicyclic) bond motifs is 1. The summed E-state index contributed by atoms with van der Waals surface area (Å²) < 4.78 is 27.1. The molecule has 4 rings (SSSR count). The Bertz CT molecular complexity index is 1240. The predicted octanol–water partition coefficient (Wildman–Crippen LogP) is 3.27. The van der Waals surface area contributed by atoms with Crippen molar-refractivity contribution in [2.24, 2.45) is 0 Å². The number of aromatic amines is 1. The molecule has 27 heavy (non-hydrogen) atoms. The molecule has 0 radical (unpaired) electrons. The molecule has 3 heterocycles. The number of para-hydroxylation sites is 1. The predicted molar refractivity (Wildman–Crippen MR) is 104 cm³/mol. The molecule has 0 aliphatic rings. The number of benzene rings is 1. The topological polar surface area (TPSA) is 116 Å². The molecule has 1 aromatic carbocycles. The summed E-state index contributed by atoms with van der Waals surface area (Å²) in [7, 11) is -2.18. The highest BCUT2D eigenvalue weighted by Gasteiger charge is 2.24. The summed E-state index contributed by atoms with van der Waals surface area (Å²) in [6.45, 7) is 0. The van der Waals surface area contributed by atoms with Gasteiger partial charge in [-0.15, -0.1) is 21.5 Å². The van der Waals surface area contributed by atoms with Crippen molar-refractivity contribution in [3.8, 4) is 10.7 Å². The van der Waals surface area contributed by atoms with E-state index in [1.54, 1.807) is 35.7 Å². The number of nitrogens with one attached hydrogen (secondary N) is 1. The molecule has 138 valence electrons. The fourth-order valence-corrected chi connectivity index (χ4v) is 5.63. The average molecular weight is 420 g/mol. The number of hydrogen-bond acceptors (Lipinski definition) is 7. The second-order valence-corrected chi connectivity index (χ2v) is 9.67. The van der Waals surface area contributed by atoms with Gasteiger partial charge in [-0.05, 0) is 23.6 Å². The number of thiophene rings is 1. The molecule has 0 aliphatic heterocycles. The molecule has 4 aromatic rings. The van der Waals surface area contributed by atoms with Gasteiger partial charge in [0.05, 0.1) is 16.9 Å². The third kappa shape index (κ3) is 2.99. The number of anilines is 1. The van der Waals surface area contributed by atoms with Gasteiger partial charge in [-0.25, -0.2) is 13.2 Å². The summed E-state index contributed by atoms with van der Waals surface area (Å²) in [5.74, 6) is -1.14. The van der Waals surface area contributed by atoms with Crippen molar-refractivity contribution in [3.63, 3.8) is 0 Å². The maximum absolute atomic E-state index is 12.8. The van der Waals surface area contributed by atoms with E-state index < -0.39 is 16.0 Å². The molecule has 0 fully saturated rings. The lowest BCUT2D eigenvalue weighted by Gasteiger charge is -2.19. The largest absolute Gasteiger partial charge is 0.476 e. The van der Waals surface area contributed by atoms with Gasteiger partial charge < -0.3 is 10.1 Å². The van der Waals surface area contributed by atoms with Crippen LogP contribution in [0.4, 0.5) is 5.69 Å². The summed E-state index contributed by atoms with van der Waals surface area (Å²) in [6.07, 6.45) is 0. The van der Waals surface area contributed by atoms with Gasteiger partial charge in [-0.1, -0.05) is 29.5 Å². The van der Waals surface area contributed by atoms with Crippen LogP contribution >= 0.6 is 22.7 Å². The van der Waals surface area contributed by atoms with Crippen LogP contribution in [0.5, 0.6) is 0 Å². The van der Waals surface area contributed by atoms with Gasteiger partial charge in [-0.2, -0.15) is 0 Å². The third-order valence-corrected chi connectivity index (χ3v) is 8.01. The summed E-state index contributed by atoms with van der Waals surface area (Å²) in [5.41, 5.74) is 1.67. The van der Waals surface area contributed by atoms with Crippen molar-refractivity contribution in [1.82, 2.24) is 15.2 Å². The number of rotatable bonds is 5. The Morgan fingerprint density at radius 2 is 2.04 bits per heavy atom. The molecule has 0 saturated heterocycles. The number of aromatic nitrogens is 3. The van der Waals surface area contributed by atoms with Crippen LogP contribution < -0.4 is 4.31 Å². The van der Waals surface area contributed by atoms with E-state index in [1.165, 1.54) is 11.4 Å². The van der Waals surface area contributed by atoms with Crippen LogP contribution in [0.1, 0.15) is 9.80 Å². The SMILES string of the molecule is CN(c1cccc2cc(-c3nnc(C(=O)O)s3)[nH]c12)S(=O)(=O)c1cccs1. The number of sulfonamides is 1. The molecule has 11 heteroatoms. The van der Waals surface area contributed by atoms with Crippen LogP contribution in [0.2, 0.25) is 0 Å². The summed E-state index contributed by atoms with van der Waals surface area (Å²) in [6, 6.07) is 10.3. The second kappa shape index (κ2) is 6.44. The van der Waals surface area contributed by atoms with Crippen molar-refractivity contribution < 1.29 is 18.3 Å². The maximum Gasteiger partial charge on any atom is 0.367 e. The second-order valence-electron chi connectivity index (χ2n) is 5.55. The quantitative estimate of drug-likeness (QED) is 0.512. The van der Waals surface area contributed by atoms with E-state index in [0.717, 1.165) is 28.1 Å². The minimum absolute atomic E-state index is 0.110. The summed E-state index contributed by atoms with van der Waals surface area (Å²) in [4.78, 5) is 14.2. The van der Waals surface area contributed by atoms with E-state index in [2.05, 4.69) is 15.2 Å². The molecule has 0 aliphatic carbocycles. The molecule has 0 spiro atoms. The van der Waals surface area contributed by atoms with Crippen LogP contribution in [-0.2, 0) is 10.0 Å². The lowest BCUT2D eigenvalue weighted by Crippen LogP contribution is -2.26. The van der Waals surface area contributed by atoms with Crippen molar-refractivity contribution in [2.45, 2.75) is 4.21 Å². The molecule has 0 bridgehead atoms. The Morgan fingerprint density at radius 3 is 2.70 bits per heavy atom. The van der Waals surface area contributed by atoms with Gasteiger partial charge >= 0.3 is 5.97 Å². The van der Waals surface area contributed by atoms with Crippen LogP contribution in [0, 0.1) is 0 Å². The van der Waals surface area contributed by atoms with E-state index in [4.69, 9.17) is 5.11 Å². The minimum Gasteiger partial charge on any atom is -0.476 e. The number of carboxylic acid groups (broad SMARTS) is 1. The Labute approximate surface area is 161 Å². The van der Waals surface area contributed by atoms with E-state index in [9.17, 15) is 13.2 Å². The molecule has 0 unspecified atom stereocenters. The number of carbonyl (C=O) groups is 1. The van der Waals surface area contributed by atoms with E-state index >= 15 is 0 Å². The number of hydrogen-bond donors (Lipinski definition) is 2. The lowest BCUT2D eigenvalue weighted by molar-refractivity contribution is 0.0695. The fourth-order valence-electron chi connectivity index (χ4n) is 2.61. The molecule has 0 amide bonds. The normalized spacial score (nSPS) is 11.7. The van der Waals surface area contributed by atoms with Crippen molar-refractivity contribution in [1.29, 1.82) is 0 Å². The molecule has 3 aromatic heterocycles. The molecule has 0 atom stereocenters. The molecular formula is C16H12N4O4S3. The Balaban J connectivity index is 1.80. The number of nitrogens with zero attached hydrogens (tertiary/aromatic N) is 3. The van der Waals surface area contributed by atoms with E-state index in [1.807, 2.05) is 6.07 Å². The van der Waals surface area contributed by atoms with Gasteiger partial charge in [0.1, 0.15) is 4.21 Å². The molecular weight excluding hydrogens is 408 g/mol. The van der Waals surface area contributed by atoms with E-state index in [-0.39, 0.29) is 9.22 Å². The van der Waals surface area contributed by atoms with Crippen molar-refractivity contribution >= 4 is 55.3 Å². The zero-order valence-electron chi connectivity index (χ0n) is 13.8. The van der Waals surface area contributed by atoms with Crippen molar-refractivity contribution in [3.05, 3.63) is 46.8 Å². The molecule has 8 nitrogen and oxygen atoms in total. The van der Waals surface area contributed by atoms with Crippen LogP contribution in [0.3, 0.4) is 0 Å². The van der Waals surface area contributed by atoms with Gasteiger partial charge in [0.2, 0.25) is 5.01 Å². The van der Waals surface area contributed by atoms with Gasteiger partial charge in [-0.3, -0.25) is 4.31 Å². The Kier molecular flexibility index (Phi) is 4.21. The van der Waals surface area contributed by atoms with Gasteiger partial charge in [0.25, 0.3) is 10.0 Å². The highest BCUT2D eigenvalue weighted by Crippen LogP contribution is 2.34. The summed E-state index contributed by atoms with van der Waals surface area (Å²) >= 11 is 2.10. The Hall–Kier alpha value is -2.76. The molecule has 2 N–H and O–H groups in total. The smallest absolute Gasteiger partial charge is 0.367 e. The van der Waals surface area contributed by atoms with Crippen LogP contribution in [0.25, 0.3) is 21.6 Å². The number of H-pyrrole nitrogens is 1. The standard InChI is InChI=1S/C16H12N4O4S3/c1-20(27(23,24)12-6-3-7-25-12)11-5-2-4-9-8-10(17-13(9)11)14-18-19-15(26-14)16(21)22/h2-8,17H,1H3,(H,21,22). The summed E-state index contributed by atoms with van der Waals surface area (Å²) in [5, 5.41) is 19.3. The highest BCUT2D eigenvalue weighted by atomic mass is 32.2. The average Bonchev–Trinajstić information content (AvgIpc) is 3.40. The highest BCUT2D eigenvalue weighted by molar-refractivity contribution is 7.94. The first-order valence-corrected chi connectivity index (χ1v) is 10.7. The minimum atomic E-state index is -3.67. The first-order valence-electron chi connectivity index (χ1n) is 7.59. The van der Waals surface area contributed by atoms with Crippen LogP contribution in [0.15, 0.2) is 46.0 Å². The maximum atomic E-state index is 12.8. The van der Waals surface area contributed by atoms with Gasteiger partial charge in [0.15, 0.2) is 5.01 Å². The Morgan fingerprint density at radius 1 is 1.22 bits per heavy atom. The van der Waals surface area contributed by atoms with Crippen molar-refractivity contribution in [2.75, 3.05) is 11.4 Å². The third-order valence-electron chi connectivity index (χ3n) is 3.92. The molecule has 0 saturated carbocycles. The first-order chi connectivity index (χ1) is 12.9. The van der Waals surface area contributed by atoms with E-state index in [0.29, 0.717) is 21.9 Å². The fraction of sp³-hybridized carbons (Fsp3) is 0.0625. The van der Waals surface area contributed by atoms with Crippen LogP contribution in [-0.4, -0.2) is 41.7 Å². The number of aromatic carboxylic acids is 1. The zero-order valence-corrected chi connectivity index (χ0v) is 16.2. The monoisotopic (exact) mass is 420 g/mol. The zero-order chi connectivity index (χ0) is 19.2. The van der Waals surface area contributed by atoms with Gasteiger partial charge in [0, 0.05) is 12.4 Å². The first kappa shape index (κ1) is 17.6. The number of carboxylic acids is 1.